The Morgan fingerprint density at radius 1 is 0.875 bits per heavy atom. The Bertz CT molecular complexity index is 1840. The number of benzene rings is 4. The predicted molar refractivity (Wildman–Crippen MR) is 182 cm³/mol. The van der Waals surface area contributed by atoms with Gasteiger partial charge in [-0.2, -0.15) is 0 Å². The first-order valence-corrected chi connectivity index (χ1v) is 17.4. The number of hydrogen-bond donors (Lipinski definition) is 1. The lowest BCUT2D eigenvalue weighted by molar-refractivity contribution is -0.140. The Morgan fingerprint density at radius 2 is 1.56 bits per heavy atom. The van der Waals surface area contributed by atoms with Crippen LogP contribution in [0, 0.1) is 11.7 Å². The number of amides is 2. The number of hydrogen-bond acceptors (Lipinski definition) is 6. The Hall–Kier alpha value is -4.61. The molecule has 1 N–H and O–H groups in total. The third kappa shape index (κ3) is 8.64. The molecule has 0 spiro atoms. The van der Waals surface area contributed by atoms with Crippen LogP contribution < -0.4 is 19.1 Å². The van der Waals surface area contributed by atoms with Crippen molar-refractivity contribution in [2.24, 2.45) is 5.92 Å². The van der Waals surface area contributed by atoms with E-state index in [9.17, 15) is 22.4 Å². The average Bonchev–Trinajstić information content (AvgIpc) is 3.08. The third-order valence-electron chi connectivity index (χ3n) is 7.69. The lowest BCUT2D eigenvalue weighted by Crippen LogP contribution is -2.53. The van der Waals surface area contributed by atoms with Gasteiger partial charge in [-0.1, -0.05) is 67.9 Å². The van der Waals surface area contributed by atoms with Gasteiger partial charge in [-0.25, -0.2) is 12.8 Å². The lowest BCUT2D eigenvalue weighted by Gasteiger charge is -2.34. The molecule has 0 radical (unpaired) electrons. The van der Waals surface area contributed by atoms with Crippen molar-refractivity contribution in [3.63, 3.8) is 0 Å². The molecule has 1 aliphatic heterocycles. The van der Waals surface area contributed by atoms with Crippen molar-refractivity contribution in [3.8, 4) is 11.5 Å². The Labute approximate surface area is 285 Å². The molecule has 0 saturated heterocycles. The van der Waals surface area contributed by atoms with Crippen molar-refractivity contribution in [2.75, 3.05) is 30.6 Å². The minimum Gasteiger partial charge on any atom is -0.486 e. The number of nitrogens with zero attached hydrogens (tertiary/aromatic N) is 2. The molecule has 0 saturated carbocycles. The van der Waals surface area contributed by atoms with Crippen LogP contribution in [0.15, 0.2) is 102 Å². The van der Waals surface area contributed by atoms with Crippen molar-refractivity contribution in [3.05, 3.63) is 119 Å². The van der Waals surface area contributed by atoms with Crippen LogP contribution in [0.25, 0.3) is 0 Å². The maximum Gasteiger partial charge on any atom is 0.264 e. The van der Waals surface area contributed by atoms with Crippen molar-refractivity contribution in [1.29, 1.82) is 0 Å². The summed E-state index contributed by atoms with van der Waals surface area (Å²) in [6, 6.07) is 24.2. The molecular formula is C36H37ClFN3O6S. The van der Waals surface area contributed by atoms with Gasteiger partial charge in [-0.05, 0) is 65.6 Å². The number of nitrogens with one attached hydrogen (secondary N) is 1. The van der Waals surface area contributed by atoms with E-state index >= 15 is 0 Å². The molecule has 4 aromatic carbocycles. The second-order valence-electron chi connectivity index (χ2n) is 11.8. The van der Waals surface area contributed by atoms with Crippen LogP contribution in [0.5, 0.6) is 11.5 Å². The molecule has 9 nitrogen and oxygen atoms in total. The molecule has 1 atom stereocenters. The van der Waals surface area contributed by atoms with Crippen molar-refractivity contribution < 1.29 is 31.9 Å². The van der Waals surface area contributed by atoms with Gasteiger partial charge in [0.25, 0.3) is 10.0 Å². The molecule has 48 heavy (non-hydrogen) atoms. The standard InChI is InChI=1S/C36H37ClFN3O6S/c1-25(2)22-39-36(43)32(20-26-7-4-3-5-8-26)40(23-27-9-6-10-28(37)19-27)35(42)24-41(30-13-11-29(38)12-14-30)48(44,45)31-15-16-33-34(21-31)47-18-17-46-33/h3-16,19,21,25,32H,17-18,20,22-24H2,1-2H3,(H,39,43). The van der Waals surface area contributed by atoms with Gasteiger partial charge in [0.1, 0.15) is 31.6 Å². The quantitative estimate of drug-likeness (QED) is 0.188. The minimum absolute atomic E-state index is 0.0344. The maximum absolute atomic E-state index is 14.6. The summed E-state index contributed by atoms with van der Waals surface area (Å²) in [4.78, 5) is 29.7. The number of anilines is 1. The molecule has 1 aliphatic rings. The van der Waals surface area contributed by atoms with Gasteiger partial charge >= 0.3 is 0 Å². The van der Waals surface area contributed by atoms with E-state index in [0.29, 0.717) is 29.5 Å². The Balaban J connectivity index is 1.57. The van der Waals surface area contributed by atoms with E-state index in [4.69, 9.17) is 21.1 Å². The number of fused-ring (bicyclic) bond motifs is 1. The SMILES string of the molecule is CC(C)CNC(=O)C(Cc1ccccc1)N(Cc1cccc(Cl)c1)C(=O)CN(c1ccc(F)cc1)S(=O)(=O)c1ccc2c(c1)OCCO2. The van der Waals surface area contributed by atoms with Crippen LogP contribution in [0.3, 0.4) is 0 Å². The zero-order valence-corrected chi connectivity index (χ0v) is 28.2. The summed E-state index contributed by atoms with van der Waals surface area (Å²) >= 11 is 6.30. The first-order chi connectivity index (χ1) is 23.0. The summed E-state index contributed by atoms with van der Waals surface area (Å²) in [6.07, 6.45) is 0.169. The summed E-state index contributed by atoms with van der Waals surface area (Å²) in [7, 11) is -4.43. The molecule has 0 aliphatic carbocycles. The van der Waals surface area contributed by atoms with Crippen LogP contribution >= 0.6 is 11.6 Å². The summed E-state index contributed by atoms with van der Waals surface area (Å²) < 4.78 is 54.7. The summed E-state index contributed by atoms with van der Waals surface area (Å²) in [5.74, 6) is -0.817. The van der Waals surface area contributed by atoms with E-state index in [1.54, 1.807) is 24.3 Å². The van der Waals surface area contributed by atoms with Crippen molar-refractivity contribution in [1.82, 2.24) is 10.2 Å². The van der Waals surface area contributed by atoms with Crippen LogP contribution in [-0.2, 0) is 32.6 Å². The highest BCUT2D eigenvalue weighted by molar-refractivity contribution is 7.92. The van der Waals surface area contributed by atoms with E-state index in [1.165, 1.54) is 35.2 Å². The summed E-state index contributed by atoms with van der Waals surface area (Å²) in [5, 5.41) is 3.40. The fourth-order valence-corrected chi connectivity index (χ4v) is 6.90. The summed E-state index contributed by atoms with van der Waals surface area (Å²) in [6.45, 7) is 4.15. The Morgan fingerprint density at radius 3 is 2.25 bits per heavy atom. The Kier molecular flexibility index (Phi) is 11.2. The number of carbonyl (C=O) groups is 2. The highest BCUT2D eigenvalue weighted by Gasteiger charge is 2.35. The van der Waals surface area contributed by atoms with E-state index in [1.807, 2.05) is 44.2 Å². The second kappa shape index (κ2) is 15.5. The third-order valence-corrected chi connectivity index (χ3v) is 9.70. The van der Waals surface area contributed by atoms with Crippen LogP contribution in [0.4, 0.5) is 10.1 Å². The molecule has 5 rings (SSSR count). The predicted octanol–water partition coefficient (Wildman–Crippen LogP) is 5.86. The normalized spacial score (nSPS) is 13.1. The fourth-order valence-electron chi connectivity index (χ4n) is 5.26. The highest BCUT2D eigenvalue weighted by atomic mass is 35.5. The van der Waals surface area contributed by atoms with Crippen LogP contribution in [0.1, 0.15) is 25.0 Å². The van der Waals surface area contributed by atoms with Gasteiger partial charge in [0, 0.05) is 30.6 Å². The van der Waals surface area contributed by atoms with Crippen LogP contribution in [0.2, 0.25) is 5.02 Å². The molecule has 252 valence electrons. The topological polar surface area (TPSA) is 105 Å². The van der Waals surface area contributed by atoms with Crippen molar-refractivity contribution >= 4 is 39.1 Å². The average molecular weight is 694 g/mol. The molecule has 0 bridgehead atoms. The minimum atomic E-state index is -4.43. The van der Waals surface area contributed by atoms with Gasteiger partial charge in [0.05, 0.1) is 10.6 Å². The molecule has 4 aromatic rings. The monoisotopic (exact) mass is 693 g/mol. The van der Waals surface area contributed by atoms with Gasteiger partial charge in [0.2, 0.25) is 11.8 Å². The van der Waals surface area contributed by atoms with E-state index in [0.717, 1.165) is 22.0 Å². The zero-order chi connectivity index (χ0) is 34.3. The summed E-state index contributed by atoms with van der Waals surface area (Å²) in [5.41, 5.74) is 1.52. The van der Waals surface area contributed by atoms with E-state index < -0.39 is 34.3 Å². The van der Waals surface area contributed by atoms with Gasteiger partial charge in [-0.3, -0.25) is 13.9 Å². The van der Waals surface area contributed by atoms with Crippen molar-refractivity contribution in [2.45, 2.75) is 37.8 Å². The molecule has 0 fully saturated rings. The van der Waals surface area contributed by atoms with Gasteiger partial charge < -0.3 is 19.7 Å². The number of sulfonamides is 1. The van der Waals surface area contributed by atoms with Gasteiger partial charge in [-0.15, -0.1) is 0 Å². The molecule has 2 amide bonds. The highest BCUT2D eigenvalue weighted by Crippen LogP contribution is 2.34. The van der Waals surface area contributed by atoms with Gasteiger partial charge in [0.15, 0.2) is 11.5 Å². The smallest absolute Gasteiger partial charge is 0.264 e. The number of carbonyl (C=O) groups excluding carboxylic acids is 2. The lowest BCUT2D eigenvalue weighted by atomic mass is 10.0. The molecule has 1 unspecified atom stereocenters. The fraction of sp³-hybridized carbons (Fsp3) is 0.278. The molecule has 12 heteroatoms. The zero-order valence-electron chi connectivity index (χ0n) is 26.6. The molecule has 1 heterocycles. The second-order valence-corrected chi connectivity index (χ2v) is 14.1. The first kappa shape index (κ1) is 34.7. The maximum atomic E-state index is 14.6. The first-order valence-electron chi connectivity index (χ1n) is 15.5. The van der Waals surface area contributed by atoms with E-state index in [-0.39, 0.29) is 47.7 Å². The largest absolute Gasteiger partial charge is 0.486 e. The molecular weight excluding hydrogens is 657 g/mol. The van der Waals surface area contributed by atoms with Crippen LogP contribution in [-0.4, -0.2) is 57.5 Å². The number of halogens is 2. The number of rotatable bonds is 13. The van der Waals surface area contributed by atoms with E-state index in [2.05, 4.69) is 5.32 Å². The number of ether oxygens (including phenoxy) is 2. The molecule has 0 aromatic heterocycles.